The Bertz CT molecular complexity index is 508. The lowest BCUT2D eigenvalue weighted by molar-refractivity contribution is -0.147. The molecule has 5 nitrogen and oxygen atoms in total. The fourth-order valence-corrected chi connectivity index (χ4v) is 1.32. The van der Waals surface area contributed by atoms with Crippen molar-refractivity contribution in [3.05, 3.63) is 35.2 Å². The van der Waals surface area contributed by atoms with Crippen LogP contribution >= 0.6 is 0 Å². The van der Waals surface area contributed by atoms with Crippen LogP contribution in [0.3, 0.4) is 0 Å². The predicted octanol–water partition coefficient (Wildman–Crippen LogP) is 2.20. The monoisotopic (exact) mass is 263 g/mol. The van der Waals surface area contributed by atoms with Crippen LogP contribution < -0.4 is 0 Å². The Morgan fingerprint density at radius 3 is 2.74 bits per heavy atom. The molecule has 1 aromatic rings. The normalized spacial score (nSPS) is 12.9. The van der Waals surface area contributed by atoms with Gasteiger partial charge < -0.3 is 9.84 Å². The third kappa shape index (κ3) is 4.21. The Hall–Kier alpha value is -2.17. The van der Waals surface area contributed by atoms with Crippen molar-refractivity contribution in [2.45, 2.75) is 33.3 Å². The highest BCUT2D eigenvalue weighted by molar-refractivity contribution is 6.17. The lowest BCUT2D eigenvalue weighted by Gasteiger charge is -2.11. The number of hydrogen-bond acceptors (Lipinski definition) is 4. The second-order valence-electron chi connectivity index (χ2n) is 4.19. The van der Waals surface area contributed by atoms with E-state index in [9.17, 15) is 9.59 Å². The molecule has 1 N–H and O–H groups in total. The Morgan fingerprint density at radius 1 is 1.53 bits per heavy atom. The number of hydrogen-bond donors (Lipinski definition) is 1. The minimum absolute atomic E-state index is 0.319. The molecule has 1 rings (SSSR count). The van der Waals surface area contributed by atoms with E-state index in [1.54, 1.807) is 26.0 Å². The number of esters is 1. The zero-order valence-corrected chi connectivity index (χ0v) is 11.2. The fourth-order valence-electron chi connectivity index (χ4n) is 1.32. The third-order valence-corrected chi connectivity index (χ3v) is 2.66. The van der Waals surface area contributed by atoms with Gasteiger partial charge in [0.15, 0.2) is 0 Å². The van der Waals surface area contributed by atoms with Crippen LogP contribution in [-0.4, -0.2) is 28.1 Å². The van der Waals surface area contributed by atoms with Crippen molar-refractivity contribution >= 4 is 18.0 Å². The van der Waals surface area contributed by atoms with Crippen LogP contribution in [0.2, 0.25) is 0 Å². The summed E-state index contributed by atoms with van der Waals surface area (Å²) in [6, 6.07) is 3.53. The summed E-state index contributed by atoms with van der Waals surface area (Å²) in [5, 5.41) is 9.08. The van der Waals surface area contributed by atoms with E-state index in [2.05, 4.69) is 4.98 Å². The lowest BCUT2D eigenvalue weighted by atomic mass is 10.1. The number of aryl methyl sites for hydroxylation is 1. The molecule has 1 heterocycles. The first-order valence-corrected chi connectivity index (χ1v) is 6.03. The van der Waals surface area contributed by atoms with Gasteiger partial charge in [-0.15, -0.1) is 0 Å². The van der Waals surface area contributed by atoms with Gasteiger partial charge in [0.05, 0.1) is 11.8 Å². The third-order valence-electron chi connectivity index (χ3n) is 2.66. The van der Waals surface area contributed by atoms with E-state index in [0.29, 0.717) is 12.1 Å². The Labute approximate surface area is 111 Å². The second kappa shape index (κ2) is 6.68. The molecule has 0 aliphatic heterocycles. The highest BCUT2D eigenvalue weighted by atomic mass is 16.5. The molecule has 1 aromatic heterocycles. The van der Waals surface area contributed by atoms with Crippen molar-refractivity contribution in [1.82, 2.24) is 4.98 Å². The Kier molecular flexibility index (Phi) is 5.23. The van der Waals surface area contributed by atoms with E-state index in [1.165, 1.54) is 12.3 Å². The van der Waals surface area contributed by atoms with Crippen molar-refractivity contribution < 1.29 is 19.4 Å². The Morgan fingerprint density at radius 2 is 2.21 bits per heavy atom. The highest BCUT2D eigenvalue weighted by Gasteiger charge is 2.21. The van der Waals surface area contributed by atoms with Crippen molar-refractivity contribution in [2.75, 3.05) is 0 Å². The Balaban J connectivity index is 3.05. The van der Waals surface area contributed by atoms with Crippen molar-refractivity contribution in [3.63, 3.8) is 0 Å². The first-order valence-electron chi connectivity index (χ1n) is 6.03. The molecule has 0 radical (unpaired) electrons. The van der Waals surface area contributed by atoms with Gasteiger partial charge in [-0.3, -0.25) is 4.98 Å². The summed E-state index contributed by atoms with van der Waals surface area (Å²) in [7, 11) is 0. The number of ether oxygens (including phenoxy) is 1. The summed E-state index contributed by atoms with van der Waals surface area (Å²) >= 11 is 0. The van der Waals surface area contributed by atoms with Gasteiger partial charge in [0, 0.05) is 6.20 Å². The molecule has 0 fully saturated rings. The molecule has 0 aliphatic rings. The summed E-state index contributed by atoms with van der Waals surface area (Å²) < 4.78 is 5.02. The standard InChI is InChI=1S/C14H17NO4/c1-4-10(3)19-14(18)11(13(16)17)8-12-9(2)6-5-7-15-12/h5-8,10H,4H2,1-3H3,(H,16,17). The summed E-state index contributed by atoms with van der Waals surface area (Å²) in [5.74, 6) is -2.16. The molecule has 1 atom stereocenters. The van der Waals surface area contributed by atoms with Gasteiger partial charge in [0.2, 0.25) is 0 Å². The lowest BCUT2D eigenvalue weighted by Crippen LogP contribution is -2.20. The molecule has 1 unspecified atom stereocenters. The first kappa shape index (κ1) is 14.9. The minimum Gasteiger partial charge on any atom is -0.477 e. The number of nitrogens with zero attached hydrogens (tertiary/aromatic N) is 1. The first-order chi connectivity index (χ1) is 8.95. The van der Waals surface area contributed by atoms with Crippen LogP contribution in [0, 0.1) is 6.92 Å². The van der Waals surface area contributed by atoms with E-state index in [4.69, 9.17) is 9.84 Å². The smallest absolute Gasteiger partial charge is 0.345 e. The molecule has 0 aliphatic carbocycles. The number of carbonyl (C=O) groups excluding carboxylic acids is 1. The fraction of sp³-hybridized carbons (Fsp3) is 0.357. The number of carboxylic acids is 1. The maximum Gasteiger partial charge on any atom is 0.345 e. The number of aromatic nitrogens is 1. The number of carbonyl (C=O) groups is 2. The predicted molar refractivity (Wildman–Crippen MR) is 70.4 cm³/mol. The maximum atomic E-state index is 11.8. The number of pyridine rings is 1. The van der Waals surface area contributed by atoms with Crippen LogP contribution in [0.25, 0.3) is 6.08 Å². The SMILES string of the molecule is CCC(C)OC(=O)C(=Cc1ncccc1C)C(=O)O. The number of rotatable bonds is 5. The van der Waals surface area contributed by atoms with E-state index in [1.807, 2.05) is 6.92 Å². The van der Waals surface area contributed by atoms with Crippen molar-refractivity contribution in [1.29, 1.82) is 0 Å². The summed E-state index contributed by atoms with van der Waals surface area (Å²) in [5.41, 5.74) is 0.820. The van der Waals surface area contributed by atoms with Crippen molar-refractivity contribution in [2.24, 2.45) is 0 Å². The molecule has 0 aromatic carbocycles. The quantitative estimate of drug-likeness (QED) is 0.381. The van der Waals surface area contributed by atoms with Gasteiger partial charge in [-0.2, -0.15) is 0 Å². The van der Waals surface area contributed by atoms with Gasteiger partial charge in [-0.1, -0.05) is 13.0 Å². The van der Waals surface area contributed by atoms with E-state index < -0.39 is 17.5 Å². The molecule has 0 saturated heterocycles. The van der Waals surface area contributed by atoms with E-state index >= 15 is 0 Å². The summed E-state index contributed by atoms with van der Waals surface area (Å²) in [6.45, 7) is 5.35. The summed E-state index contributed by atoms with van der Waals surface area (Å²) in [6.07, 6.45) is 3.09. The van der Waals surface area contributed by atoms with Crippen LogP contribution in [0.4, 0.5) is 0 Å². The molecule has 5 heteroatoms. The van der Waals surface area contributed by atoms with Gasteiger partial charge >= 0.3 is 11.9 Å². The molecule has 0 spiro atoms. The highest BCUT2D eigenvalue weighted by Crippen LogP contribution is 2.12. The zero-order chi connectivity index (χ0) is 14.4. The second-order valence-corrected chi connectivity index (χ2v) is 4.19. The molecular formula is C14H17NO4. The zero-order valence-electron chi connectivity index (χ0n) is 11.2. The topological polar surface area (TPSA) is 76.5 Å². The number of carboxylic acid groups (broad SMARTS) is 1. The van der Waals surface area contributed by atoms with Crippen LogP contribution in [0.15, 0.2) is 23.9 Å². The molecule has 19 heavy (non-hydrogen) atoms. The molecule has 102 valence electrons. The van der Waals surface area contributed by atoms with E-state index in [0.717, 1.165) is 5.56 Å². The summed E-state index contributed by atoms with van der Waals surface area (Å²) in [4.78, 5) is 26.9. The van der Waals surface area contributed by atoms with Gasteiger partial charge in [0.1, 0.15) is 5.57 Å². The van der Waals surface area contributed by atoms with Crippen LogP contribution in [-0.2, 0) is 14.3 Å². The van der Waals surface area contributed by atoms with E-state index in [-0.39, 0.29) is 6.10 Å². The van der Waals surface area contributed by atoms with Crippen LogP contribution in [0.5, 0.6) is 0 Å². The number of aliphatic carboxylic acids is 1. The molecule has 0 saturated carbocycles. The molecule has 0 bridgehead atoms. The molecule has 0 amide bonds. The molecular weight excluding hydrogens is 246 g/mol. The minimum atomic E-state index is -1.32. The average Bonchev–Trinajstić information content (AvgIpc) is 2.36. The average molecular weight is 263 g/mol. The maximum absolute atomic E-state index is 11.8. The largest absolute Gasteiger partial charge is 0.477 e. The van der Waals surface area contributed by atoms with Gasteiger partial charge in [-0.25, -0.2) is 9.59 Å². The van der Waals surface area contributed by atoms with Crippen molar-refractivity contribution in [3.8, 4) is 0 Å². The van der Waals surface area contributed by atoms with Gasteiger partial charge in [-0.05, 0) is 38.0 Å². The van der Waals surface area contributed by atoms with Crippen LogP contribution in [0.1, 0.15) is 31.5 Å². The van der Waals surface area contributed by atoms with Gasteiger partial charge in [0.25, 0.3) is 0 Å².